The average molecular weight is 274 g/mol. The smallest absolute Gasteiger partial charge is 0.235 e. The third kappa shape index (κ3) is 1.94. The van der Waals surface area contributed by atoms with Gasteiger partial charge in [0.25, 0.3) is 0 Å². The lowest BCUT2D eigenvalue weighted by atomic mass is 9.67. The van der Waals surface area contributed by atoms with E-state index in [1.54, 1.807) is 0 Å². The number of nitrogens with zero attached hydrogens (tertiary/aromatic N) is 1. The quantitative estimate of drug-likeness (QED) is 0.839. The summed E-state index contributed by atoms with van der Waals surface area (Å²) in [5, 5.41) is 0. The number of nitrogens with two attached hydrogens (primary N) is 1. The fourth-order valence-corrected chi connectivity index (χ4v) is 3.36. The van der Waals surface area contributed by atoms with Crippen molar-refractivity contribution < 1.29 is 4.79 Å². The molecule has 19 heavy (non-hydrogen) atoms. The minimum Gasteiger partial charge on any atom is -0.392 e. The zero-order chi connectivity index (χ0) is 13.5. The van der Waals surface area contributed by atoms with Crippen LogP contribution in [0.4, 0.5) is 0 Å². The van der Waals surface area contributed by atoms with Gasteiger partial charge in [0.05, 0.1) is 10.4 Å². The molecule has 1 aromatic rings. The van der Waals surface area contributed by atoms with Crippen LogP contribution in [0.5, 0.6) is 0 Å². The van der Waals surface area contributed by atoms with E-state index in [9.17, 15) is 4.79 Å². The van der Waals surface area contributed by atoms with Gasteiger partial charge in [0, 0.05) is 13.1 Å². The third-order valence-electron chi connectivity index (χ3n) is 4.51. The second kappa shape index (κ2) is 4.60. The van der Waals surface area contributed by atoms with Gasteiger partial charge in [0.15, 0.2) is 0 Å². The molecule has 0 atom stereocenters. The molecule has 1 saturated carbocycles. The van der Waals surface area contributed by atoms with E-state index in [4.69, 9.17) is 18.0 Å². The Balaban J connectivity index is 1.81. The predicted molar refractivity (Wildman–Crippen MR) is 78.6 cm³/mol. The van der Waals surface area contributed by atoms with Gasteiger partial charge in [-0.05, 0) is 30.4 Å². The first-order valence-electron chi connectivity index (χ1n) is 6.79. The Morgan fingerprint density at radius 1 is 1.26 bits per heavy atom. The van der Waals surface area contributed by atoms with Crippen LogP contribution >= 0.6 is 12.2 Å². The molecule has 0 radical (unpaired) electrons. The summed E-state index contributed by atoms with van der Waals surface area (Å²) in [5.74, 6) is 0.140. The molecule has 0 bridgehead atoms. The number of rotatable bonds is 2. The van der Waals surface area contributed by atoms with Crippen molar-refractivity contribution in [3.8, 4) is 0 Å². The number of carbonyl (C=O) groups excluding carboxylic acids is 1. The van der Waals surface area contributed by atoms with Gasteiger partial charge in [-0.1, -0.05) is 42.9 Å². The van der Waals surface area contributed by atoms with Crippen molar-refractivity contribution in [1.82, 2.24) is 4.90 Å². The number of benzene rings is 1. The first-order chi connectivity index (χ1) is 9.13. The lowest BCUT2D eigenvalue weighted by molar-refractivity contribution is -0.142. The molecule has 2 aliphatic rings. The Bertz CT molecular complexity index is 537. The van der Waals surface area contributed by atoms with Crippen molar-refractivity contribution in [2.24, 2.45) is 11.1 Å². The Morgan fingerprint density at radius 2 is 1.95 bits per heavy atom. The largest absolute Gasteiger partial charge is 0.392 e. The molecule has 2 N–H and O–H groups in total. The van der Waals surface area contributed by atoms with Gasteiger partial charge in [0.2, 0.25) is 5.91 Å². The predicted octanol–water partition coefficient (Wildman–Crippen LogP) is 2.03. The highest BCUT2D eigenvalue weighted by molar-refractivity contribution is 7.80. The molecule has 3 nitrogen and oxygen atoms in total. The first kappa shape index (κ1) is 12.6. The summed E-state index contributed by atoms with van der Waals surface area (Å²) in [6.07, 6.45) is 3.61. The zero-order valence-electron chi connectivity index (χ0n) is 10.9. The van der Waals surface area contributed by atoms with Crippen LogP contribution in [-0.2, 0) is 17.8 Å². The molecule has 4 heteroatoms. The summed E-state index contributed by atoms with van der Waals surface area (Å²) < 4.78 is 0. The van der Waals surface area contributed by atoms with Crippen LogP contribution in [0.1, 0.15) is 30.4 Å². The van der Waals surface area contributed by atoms with E-state index in [1.807, 2.05) is 11.0 Å². The van der Waals surface area contributed by atoms with Crippen LogP contribution in [-0.4, -0.2) is 22.3 Å². The van der Waals surface area contributed by atoms with Crippen molar-refractivity contribution in [3.05, 3.63) is 35.4 Å². The molecule has 3 rings (SSSR count). The fraction of sp³-hybridized carbons (Fsp3) is 0.467. The van der Waals surface area contributed by atoms with Crippen molar-refractivity contribution in [3.63, 3.8) is 0 Å². The van der Waals surface area contributed by atoms with Crippen molar-refractivity contribution in [2.45, 2.75) is 32.2 Å². The normalized spacial score (nSPS) is 20.3. The second-order valence-corrected chi connectivity index (χ2v) is 5.99. The first-order valence-corrected chi connectivity index (χ1v) is 7.20. The lowest BCUT2D eigenvalue weighted by Gasteiger charge is -2.43. The molecular formula is C15H18N2OS. The van der Waals surface area contributed by atoms with E-state index in [0.29, 0.717) is 11.5 Å². The number of carbonyl (C=O) groups is 1. The Morgan fingerprint density at radius 3 is 2.53 bits per heavy atom. The van der Waals surface area contributed by atoms with Gasteiger partial charge >= 0.3 is 0 Å². The van der Waals surface area contributed by atoms with Crippen molar-refractivity contribution >= 4 is 23.1 Å². The van der Waals surface area contributed by atoms with E-state index >= 15 is 0 Å². The van der Waals surface area contributed by atoms with E-state index in [2.05, 4.69) is 18.2 Å². The Labute approximate surface area is 118 Å². The summed E-state index contributed by atoms with van der Waals surface area (Å²) >= 11 is 5.13. The summed E-state index contributed by atoms with van der Waals surface area (Å²) in [6.45, 7) is 1.47. The number of hydrogen-bond acceptors (Lipinski definition) is 2. The van der Waals surface area contributed by atoms with Gasteiger partial charge in [-0.3, -0.25) is 4.79 Å². The van der Waals surface area contributed by atoms with Crippen LogP contribution in [0.3, 0.4) is 0 Å². The molecule has 1 amide bonds. The summed E-state index contributed by atoms with van der Waals surface area (Å²) in [7, 11) is 0. The van der Waals surface area contributed by atoms with Crippen LogP contribution in [0.25, 0.3) is 0 Å². The molecule has 0 unspecified atom stereocenters. The van der Waals surface area contributed by atoms with Crippen LogP contribution in [0.2, 0.25) is 0 Å². The summed E-state index contributed by atoms with van der Waals surface area (Å²) in [4.78, 5) is 15.0. The molecule has 1 heterocycles. The van der Waals surface area contributed by atoms with E-state index in [1.165, 1.54) is 11.1 Å². The maximum Gasteiger partial charge on any atom is 0.235 e. The van der Waals surface area contributed by atoms with Crippen molar-refractivity contribution in [1.29, 1.82) is 0 Å². The van der Waals surface area contributed by atoms with Gasteiger partial charge in [-0.15, -0.1) is 0 Å². The monoisotopic (exact) mass is 274 g/mol. The molecule has 0 aromatic heterocycles. The molecule has 1 aliphatic carbocycles. The van der Waals surface area contributed by atoms with Gasteiger partial charge in [-0.2, -0.15) is 0 Å². The van der Waals surface area contributed by atoms with Gasteiger partial charge < -0.3 is 10.6 Å². The van der Waals surface area contributed by atoms with Gasteiger partial charge in [-0.25, -0.2) is 0 Å². The highest BCUT2D eigenvalue weighted by atomic mass is 32.1. The molecule has 1 aliphatic heterocycles. The summed E-state index contributed by atoms with van der Waals surface area (Å²) in [5.41, 5.74) is 7.88. The Kier molecular flexibility index (Phi) is 3.05. The van der Waals surface area contributed by atoms with E-state index in [-0.39, 0.29) is 5.91 Å². The highest BCUT2D eigenvalue weighted by Gasteiger charge is 2.49. The molecular weight excluding hydrogens is 256 g/mol. The highest BCUT2D eigenvalue weighted by Crippen LogP contribution is 2.43. The van der Waals surface area contributed by atoms with Crippen LogP contribution in [0, 0.1) is 5.41 Å². The third-order valence-corrected chi connectivity index (χ3v) is 4.90. The molecule has 0 saturated heterocycles. The van der Waals surface area contributed by atoms with E-state index < -0.39 is 5.41 Å². The van der Waals surface area contributed by atoms with Crippen molar-refractivity contribution in [2.75, 3.05) is 6.54 Å². The number of fused-ring (bicyclic) bond motifs is 1. The lowest BCUT2D eigenvalue weighted by Crippen LogP contribution is -2.55. The number of amides is 1. The Hall–Kier alpha value is -1.42. The van der Waals surface area contributed by atoms with Gasteiger partial charge in [0.1, 0.15) is 0 Å². The maximum atomic E-state index is 12.7. The zero-order valence-corrected chi connectivity index (χ0v) is 11.7. The average Bonchev–Trinajstić information content (AvgIpc) is 2.36. The molecule has 1 aromatic carbocycles. The van der Waals surface area contributed by atoms with Crippen LogP contribution < -0.4 is 5.73 Å². The standard InChI is InChI=1S/C15H18N2OS/c16-13(19)15(7-3-8-15)14(18)17-9-6-11-4-1-2-5-12(11)10-17/h1-2,4-5H,3,6-10H2,(H2,16,19). The minimum absolute atomic E-state index is 0.140. The second-order valence-electron chi connectivity index (χ2n) is 5.55. The number of thiocarbonyl (C=S) groups is 1. The fourth-order valence-electron chi connectivity index (χ4n) is 3.07. The number of hydrogen-bond donors (Lipinski definition) is 1. The topological polar surface area (TPSA) is 46.3 Å². The molecule has 100 valence electrons. The molecule has 1 fully saturated rings. The SMILES string of the molecule is NC(=S)C1(C(=O)N2CCc3ccccc3C2)CCC1. The summed E-state index contributed by atoms with van der Waals surface area (Å²) in [6, 6.07) is 8.32. The minimum atomic E-state index is -0.540. The van der Waals surface area contributed by atoms with E-state index in [0.717, 1.165) is 32.2 Å². The van der Waals surface area contributed by atoms with Crippen LogP contribution in [0.15, 0.2) is 24.3 Å². The maximum absolute atomic E-state index is 12.7. The molecule has 0 spiro atoms.